The van der Waals surface area contributed by atoms with Crippen LogP contribution in [-0.4, -0.2) is 0 Å². The molecule has 23 heavy (non-hydrogen) atoms. The number of allylic oxidation sites excluding steroid dienone is 2. The van der Waals surface area contributed by atoms with Gasteiger partial charge in [-0.05, 0) is 41.0 Å². The summed E-state index contributed by atoms with van der Waals surface area (Å²) in [4.78, 5) is 0. The summed E-state index contributed by atoms with van der Waals surface area (Å²) >= 11 is 0. The largest absolute Gasteiger partial charge is 0.0764 e. The molecular weight excluding hydrogens is 276 g/mol. The second kappa shape index (κ2) is 6.20. The van der Waals surface area contributed by atoms with Crippen molar-refractivity contribution in [1.29, 1.82) is 0 Å². The maximum absolute atomic E-state index is 2.41. The van der Waals surface area contributed by atoms with Gasteiger partial charge in [0.25, 0.3) is 0 Å². The molecule has 0 amide bonds. The Morgan fingerprint density at radius 1 is 0.739 bits per heavy atom. The predicted octanol–water partition coefficient (Wildman–Crippen LogP) is 6.41. The molecule has 0 aromatic heterocycles. The molecule has 2 atom stereocenters. The fourth-order valence-electron chi connectivity index (χ4n) is 4.21. The highest BCUT2D eigenvalue weighted by molar-refractivity contribution is 5.63. The van der Waals surface area contributed by atoms with Crippen molar-refractivity contribution >= 4 is 12.2 Å². The van der Waals surface area contributed by atoms with Crippen LogP contribution in [0.2, 0.25) is 0 Å². The molecule has 0 nitrogen and oxygen atoms in total. The van der Waals surface area contributed by atoms with E-state index in [1.807, 2.05) is 0 Å². The van der Waals surface area contributed by atoms with E-state index < -0.39 is 0 Å². The minimum absolute atomic E-state index is 0.608. The monoisotopic (exact) mass is 300 g/mol. The Morgan fingerprint density at radius 3 is 1.70 bits per heavy atom. The summed E-state index contributed by atoms with van der Waals surface area (Å²) in [5.74, 6) is 1.99. The van der Waals surface area contributed by atoms with Gasteiger partial charge in [-0.25, -0.2) is 0 Å². The standard InChI is InChI=1S/C23H24/c1-2-17(15-20-13-11-18-7-3-5-9-22(18)20)16-21-14-12-19-8-4-6-10-23(19)21/h3-14,17,20-21H,2,15-16H2,1H3. The summed E-state index contributed by atoms with van der Waals surface area (Å²) in [6.45, 7) is 2.35. The molecule has 0 saturated carbocycles. The van der Waals surface area contributed by atoms with E-state index in [0.717, 1.165) is 5.92 Å². The fraction of sp³-hybridized carbons (Fsp3) is 0.304. The highest BCUT2D eigenvalue weighted by Crippen LogP contribution is 2.40. The number of benzene rings is 2. The van der Waals surface area contributed by atoms with Crippen molar-refractivity contribution in [3.63, 3.8) is 0 Å². The zero-order chi connectivity index (χ0) is 15.6. The maximum Gasteiger partial charge on any atom is 0.00298 e. The van der Waals surface area contributed by atoms with Gasteiger partial charge in [-0.1, -0.05) is 86.2 Å². The van der Waals surface area contributed by atoms with Gasteiger partial charge in [0.05, 0.1) is 0 Å². The third-order valence-electron chi connectivity index (χ3n) is 5.56. The molecule has 0 N–H and O–H groups in total. The number of hydrogen-bond donors (Lipinski definition) is 0. The molecule has 0 radical (unpaired) electrons. The highest BCUT2D eigenvalue weighted by atomic mass is 14.3. The summed E-state index contributed by atoms with van der Waals surface area (Å²) in [5.41, 5.74) is 5.87. The van der Waals surface area contributed by atoms with E-state index in [-0.39, 0.29) is 0 Å². The Labute approximate surface area is 139 Å². The Morgan fingerprint density at radius 2 is 1.22 bits per heavy atom. The van der Waals surface area contributed by atoms with Gasteiger partial charge in [-0.3, -0.25) is 0 Å². The molecule has 0 aliphatic heterocycles. The van der Waals surface area contributed by atoms with Crippen molar-refractivity contribution in [2.24, 2.45) is 5.92 Å². The average molecular weight is 300 g/mol. The average Bonchev–Trinajstić information content (AvgIpc) is 3.19. The first-order valence-corrected chi connectivity index (χ1v) is 8.89. The highest BCUT2D eigenvalue weighted by Gasteiger charge is 2.24. The van der Waals surface area contributed by atoms with E-state index in [9.17, 15) is 0 Å². The van der Waals surface area contributed by atoms with E-state index >= 15 is 0 Å². The quantitative estimate of drug-likeness (QED) is 0.598. The van der Waals surface area contributed by atoms with Crippen molar-refractivity contribution in [2.75, 3.05) is 0 Å². The van der Waals surface area contributed by atoms with Crippen molar-refractivity contribution in [1.82, 2.24) is 0 Å². The first kappa shape index (κ1) is 14.5. The first-order chi connectivity index (χ1) is 11.3. The van der Waals surface area contributed by atoms with Crippen LogP contribution in [0.15, 0.2) is 60.7 Å². The zero-order valence-electron chi connectivity index (χ0n) is 13.8. The fourth-order valence-corrected chi connectivity index (χ4v) is 4.21. The third-order valence-corrected chi connectivity index (χ3v) is 5.56. The lowest BCUT2D eigenvalue weighted by molar-refractivity contribution is 0.406. The lowest BCUT2D eigenvalue weighted by Crippen LogP contribution is -2.08. The molecule has 0 bridgehead atoms. The van der Waals surface area contributed by atoms with Crippen molar-refractivity contribution in [3.8, 4) is 0 Å². The van der Waals surface area contributed by atoms with Crippen LogP contribution in [0.1, 0.15) is 60.3 Å². The molecule has 2 unspecified atom stereocenters. The lowest BCUT2D eigenvalue weighted by Gasteiger charge is -2.23. The number of fused-ring (bicyclic) bond motifs is 2. The van der Waals surface area contributed by atoms with Gasteiger partial charge in [0.15, 0.2) is 0 Å². The van der Waals surface area contributed by atoms with E-state index in [2.05, 4.69) is 79.8 Å². The molecule has 0 heterocycles. The second-order valence-electron chi connectivity index (χ2n) is 6.93. The van der Waals surface area contributed by atoms with Crippen LogP contribution < -0.4 is 0 Å². The summed E-state index contributed by atoms with van der Waals surface area (Å²) < 4.78 is 0. The van der Waals surface area contributed by atoms with Crippen molar-refractivity contribution < 1.29 is 0 Å². The number of rotatable bonds is 5. The van der Waals surface area contributed by atoms with Gasteiger partial charge in [0.1, 0.15) is 0 Å². The van der Waals surface area contributed by atoms with E-state index in [1.165, 1.54) is 41.5 Å². The van der Waals surface area contributed by atoms with Crippen molar-refractivity contribution in [2.45, 2.75) is 38.0 Å². The molecular formula is C23H24. The molecule has 2 aliphatic rings. The molecule has 0 fully saturated rings. The minimum Gasteiger partial charge on any atom is -0.0764 e. The Balaban J connectivity index is 1.47. The smallest absolute Gasteiger partial charge is 0.00298 e. The summed E-state index contributed by atoms with van der Waals surface area (Å²) in [6, 6.07) is 17.7. The van der Waals surface area contributed by atoms with Crippen LogP contribution in [0.25, 0.3) is 12.2 Å². The van der Waals surface area contributed by atoms with Crippen LogP contribution in [0.3, 0.4) is 0 Å². The van der Waals surface area contributed by atoms with E-state index in [0.29, 0.717) is 11.8 Å². The first-order valence-electron chi connectivity index (χ1n) is 8.89. The van der Waals surface area contributed by atoms with Crippen LogP contribution in [-0.2, 0) is 0 Å². The molecule has 0 heteroatoms. The molecule has 116 valence electrons. The van der Waals surface area contributed by atoms with Crippen molar-refractivity contribution in [3.05, 3.63) is 82.9 Å². The van der Waals surface area contributed by atoms with E-state index in [4.69, 9.17) is 0 Å². The predicted molar refractivity (Wildman–Crippen MR) is 99.4 cm³/mol. The topological polar surface area (TPSA) is 0 Å². The molecule has 0 saturated heterocycles. The second-order valence-corrected chi connectivity index (χ2v) is 6.93. The Kier molecular flexibility index (Phi) is 3.91. The van der Waals surface area contributed by atoms with Crippen LogP contribution in [0, 0.1) is 5.92 Å². The maximum atomic E-state index is 2.41. The summed E-state index contributed by atoms with van der Waals surface area (Å²) in [6.07, 6.45) is 13.2. The molecule has 2 aromatic carbocycles. The van der Waals surface area contributed by atoms with Gasteiger partial charge in [-0.15, -0.1) is 0 Å². The molecule has 4 rings (SSSR count). The van der Waals surface area contributed by atoms with Crippen LogP contribution in [0.4, 0.5) is 0 Å². The molecule has 2 aromatic rings. The molecule has 2 aliphatic carbocycles. The summed E-state index contributed by atoms with van der Waals surface area (Å²) in [5, 5.41) is 0. The van der Waals surface area contributed by atoms with Gasteiger partial charge in [0.2, 0.25) is 0 Å². The van der Waals surface area contributed by atoms with Crippen LogP contribution in [0.5, 0.6) is 0 Å². The Hall–Kier alpha value is -2.08. The normalized spacial score (nSPS) is 22.1. The lowest BCUT2D eigenvalue weighted by atomic mass is 9.82. The minimum atomic E-state index is 0.608. The Bertz CT molecular complexity index is 687. The molecule has 0 spiro atoms. The van der Waals surface area contributed by atoms with Gasteiger partial charge in [0, 0.05) is 11.8 Å². The number of hydrogen-bond acceptors (Lipinski definition) is 0. The van der Waals surface area contributed by atoms with Gasteiger partial charge < -0.3 is 0 Å². The summed E-state index contributed by atoms with van der Waals surface area (Å²) in [7, 11) is 0. The van der Waals surface area contributed by atoms with Crippen LogP contribution >= 0.6 is 0 Å². The SMILES string of the molecule is CCC(CC1C=Cc2ccccc21)CC1C=Cc2ccccc21. The van der Waals surface area contributed by atoms with E-state index in [1.54, 1.807) is 0 Å². The van der Waals surface area contributed by atoms with Gasteiger partial charge in [-0.2, -0.15) is 0 Å². The zero-order valence-corrected chi connectivity index (χ0v) is 13.8. The third kappa shape index (κ3) is 2.79. The van der Waals surface area contributed by atoms with Gasteiger partial charge >= 0.3 is 0 Å².